The molecule has 1 saturated heterocycles. The summed E-state index contributed by atoms with van der Waals surface area (Å²) in [7, 11) is 0. The van der Waals surface area contributed by atoms with E-state index in [4.69, 9.17) is 16.3 Å². The Kier molecular flexibility index (Phi) is 5.02. The van der Waals surface area contributed by atoms with Gasteiger partial charge in [0.2, 0.25) is 5.82 Å². The number of ether oxygens (including phenoxy) is 1. The van der Waals surface area contributed by atoms with Crippen LogP contribution in [-0.4, -0.2) is 20.8 Å². The predicted molar refractivity (Wildman–Crippen MR) is 90.9 cm³/mol. The van der Waals surface area contributed by atoms with Crippen LogP contribution in [0.2, 0.25) is 5.02 Å². The molecule has 0 saturated carbocycles. The molecule has 0 amide bonds. The molecule has 0 spiro atoms. The highest BCUT2D eigenvalue weighted by atomic mass is 35.5. The SMILES string of the molecule is CC1CCCC(C)N1c1nsnc1OCc1c(F)cccc1Cl. The van der Waals surface area contributed by atoms with E-state index < -0.39 is 0 Å². The first-order chi connectivity index (χ1) is 11.1. The second-order valence-corrected chi connectivity index (χ2v) is 6.85. The average Bonchev–Trinajstić information content (AvgIpc) is 2.95. The van der Waals surface area contributed by atoms with Crippen LogP contribution < -0.4 is 9.64 Å². The number of halogens is 2. The summed E-state index contributed by atoms with van der Waals surface area (Å²) in [5, 5.41) is 0.356. The summed E-state index contributed by atoms with van der Waals surface area (Å²) in [6.45, 7) is 4.42. The lowest BCUT2D eigenvalue weighted by atomic mass is 9.98. The average molecular weight is 356 g/mol. The molecule has 2 atom stereocenters. The third-order valence-electron chi connectivity index (χ3n) is 4.30. The molecule has 3 rings (SSSR count). The van der Waals surface area contributed by atoms with E-state index >= 15 is 0 Å². The van der Waals surface area contributed by atoms with Gasteiger partial charge in [0, 0.05) is 17.6 Å². The number of nitrogens with zero attached hydrogens (tertiary/aromatic N) is 3. The van der Waals surface area contributed by atoms with E-state index in [2.05, 4.69) is 27.5 Å². The van der Waals surface area contributed by atoms with Crippen molar-refractivity contribution in [3.05, 3.63) is 34.6 Å². The van der Waals surface area contributed by atoms with E-state index in [1.807, 2.05) is 0 Å². The highest BCUT2D eigenvalue weighted by molar-refractivity contribution is 6.99. The van der Waals surface area contributed by atoms with Crippen LogP contribution in [0.3, 0.4) is 0 Å². The molecule has 0 bridgehead atoms. The van der Waals surface area contributed by atoms with E-state index in [-0.39, 0.29) is 12.4 Å². The molecular formula is C16H19ClFN3OS. The molecule has 7 heteroatoms. The number of aromatic nitrogens is 2. The minimum atomic E-state index is -0.373. The number of anilines is 1. The molecule has 124 valence electrons. The maximum absolute atomic E-state index is 13.9. The Morgan fingerprint density at radius 2 is 2.04 bits per heavy atom. The maximum Gasteiger partial charge on any atom is 0.271 e. The standard InChI is InChI=1S/C16H19ClFN3OS/c1-10-5-3-6-11(2)21(10)15-16(20-23-19-15)22-9-12-13(17)7-4-8-14(12)18/h4,7-8,10-11H,3,5-6,9H2,1-2H3. The van der Waals surface area contributed by atoms with Crippen molar-refractivity contribution in [2.24, 2.45) is 0 Å². The molecule has 4 nitrogen and oxygen atoms in total. The molecule has 0 aliphatic carbocycles. The van der Waals surface area contributed by atoms with Crippen molar-refractivity contribution in [1.29, 1.82) is 0 Å². The molecule has 1 aromatic heterocycles. The summed E-state index contributed by atoms with van der Waals surface area (Å²) in [6.07, 6.45) is 3.47. The van der Waals surface area contributed by atoms with Gasteiger partial charge in [0.05, 0.1) is 16.8 Å². The van der Waals surface area contributed by atoms with Crippen LogP contribution in [-0.2, 0) is 6.61 Å². The summed E-state index contributed by atoms with van der Waals surface area (Å²) in [5.74, 6) is 0.832. The fraction of sp³-hybridized carbons (Fsp3) is 0.500. The highest BCUT2D eigenvalue weighted by Gasteiger charge is 2.30. The Hall–Kier alpha value is -1.40. The zero-order valence-electron chi connectivity index (χ0n) is 13.1. The van der Waals surface area contributed by atoms with Crippen molar-refractivity contribution in [3.8, 4) is 5.88 Å². The van der Waals surface area contributed by atoms with Crippen LogP contribution in [0.1, 0.15) is 38.7 Å². The lowest BCUT2D eigenvalue weighted by Gasteiger charge is -2.39. The molecule has 2 unspecified atom stereocenters. The van der Waals surface area contributed by atoms with Gasteiger partial charge in [0.25, 0.3) is 5.88 Å². The normalized spacial score (nSPS) is 21.5. The van der Waals surface area contributed by atoms with Crippen molar-refractivity contribution in [3.63, 3.8) is 0 Å². The van der Waals surface area contributed by atoms with Gasteiger partial charge in [-0.15, -0.1) is 4.37 Å². The van der Waals surface area contributed by atoms with Crippen molar-refractivity contribution in [2.75, 3.05) is 4.90 Å². The minimum Gasteiger partial charge on any atom is -0.469 e. The van der Waals surface area contributed by atoms with Crippen molar-refractivity contribution < 1.29 is 9.13 Å². The van der Waals surface area contributed by atoms with Crippen molar-refractivity contribution in [2.45, 2.75) is 51.8 Å². The first-order valence-corrected chi connectivity index (χ1v) is 8.85. The van der Waals surface area contributed by atoms with E-state index in [0.29, 0.717) is 28.5 Å². The largest absolute Gasteiger partial charge is 0.469 e. The van der Waals surface area contributed by atoms with Crippen LogP contribution in [0.25, 0.3) is 0 Å². The second kappa shape index (κ2) is 7.01. The molecule has 0 N–H and O–H groups in total. The summed E-state index contributed by atoms with van der Waals surface area (Å²) in [6, 6.07) is 5.38. The van der Waals surface area contributed by atoms with Crippen LogP contribution in [0.5, 0.6) is 5.88 Å². The lowest BCUT2D eigenvalue weighted by Crippen LogP contribution is -2.44. The summed E-state index contributed by atoms with van der Waals surface area (Å²) >= 11 is 7.15. The van der Waals surface area contributed by atoms with Gasteiger partial charge in [-0.3, -0.25) is 0 Å². The van der Waals surface area contributed by atoms with Gasteiger partial charge in [-0.2, -0.15) is 4.37 Å². The number of piperidine rings is 1. The number of benzene rings is 1. The Morgan fingerprint density at radius 3 is 2.74 bits per heavy atom. The summed E-state index contributed by atoms with van der Waals surface area (Å²) in [4.78, 5) is 2.26. The number of rotatable bonds is 4. The zero-order chi connectivity index (χ0) is 16.4. The van der Waals surface area contributed by atoms with Crippen LogP contribution >= 0.6 is 23.3 Å². The Balaban J connectivity index is 1.79. The third kappa shape index (κ3) is 3.43. The monoisotopic (exact) mass is 355 g/mol. The molecule has 1 aliphatic heterocycles. The third-order valence-corrected chi connectivity index (χ3v) is 5.15. The first kappa shape index (κ1) is 16.5. The van der Waals surface area contributed by atoms with Gasteiger partial charge >= 0.3 is 0 Å². The molecule has 2 aromatic rings. The van der Waals surface area contributed by atoms with Gasteiger partial charge in [0.1, 0.15) is 12.4 Å². The smallest absolute Gasteiger partial charge is 0.271 e. The highest BCUT2D eigenvalue weighted by Crippen LogP contribution is 2.34. The maximum atomic E-state index is 13.9. The first-order valence-electron chi connectivity index (χ1n) is 7.74. The Labute approximate surface area is 144 Å². The molecule has 1 aliphatic rings. The van der Waals surface area contributed by atoms with E-state index in [9.17, 15) is 4.39 Å². The minimum absolute atomic E-state index is 0.0422. The van der Waals surface area contributed by atoms with E-state index in [1.165, 1.54) is 12.5 Å². The van der Waals surface area contributed by atoms with E-state index in [0.717, 1.165) is 30.4 Å². The number of hydrogen-bond donors (Lipinski definition) is 0. The second-order valence-electron chi connectivity index (χ2n) is 5.92. The summed E-state index contributed by atoms with van der Waals surface area (Å²) in [5.41, 5.74) is 0.341. The van der Waals surface area contributed by atoms with Crippen molar-refractivity contribution >= 4 is 29.1 Å². The fourth-order valence-corrected chi connectivity index (χ4v) is 3.79. The molecule has 1 fully saturated rings. The summed E-state index contributed by atoms with van der Waals surface area (Å²) < 4.78 is 28.2. The molecular weight excluding hydrogens is 337 g/mol. The molecule has 0 radical (unpaired) electrons. The van der Waals surface area contributed by atoms with Crippen LogP contribution in [0.4, 0.5) is 10.2 Å². The number of hydrogen-bond acceptors (Lipinski definition) is 5. The van der Waals surface area contributed by atoms with Gasteiger partial charge in [0.15, 0.2) is 0 Å². The van der Waals surface area contributed by atoms with Crippen LogP contribution in [0.15, 0.2) is 18.2 Å². The zero-order valence-corrected chi connectivity index (χ0v) is 14.7. The lowest BCUT2D eigenvalue weighted by molar-refractivity contribution is 0.288. The van der Waals surface area contributed by atoms with Gasteiger partial charge in [-0.1, -0.05) is 17.7 Å². The molecule has 2 heterocycles. The van der Waals surface area contributed by atoms with Crippen molar-refractivity contribution in [1.82, 2.24) is 8.75 Å². The van der Waals surface area contributed by atoms with Gasteiger partial charge in [-0.05, 0) is 45.2 Å². The predicted octanol–water partition coefficient (Wildman–Crippen LogP) is 4.68. The molecule has 23 heavy (non-hydrogen) atoms. The van der Waals surface area contributed by atoms with E-state index in [1.54, 1.807) is 12.1 Å². The Morgan fingerprint density at radius 1 is 1.30 bits per heavy atom. The quantitative estimate of drug-likeness (QED) is 0.798. The molecule has 1 aromatic carbocycles. The van der Waals surface area contributed by atoms with Gasteiger partial charge in [-0.25, -0.2) is 4.39 Å². The fourth-order valence-electron chi connectivity index (χ4n) is 3.07. The Bertz CT molecular complexity index is 651. The van der Waals surface area contributed by atoms with Crippen LogP contribution in [0, 0.1) is 5.82 Å². The topological polar surface area (TPSA) is 38.2 Å². The van der Waals surface area contributed by atoms with Gasteiger partial charge < -0.3 is 9.64 Å².